The summed E-state index contributed by atoms with van der Waals surface area (Å²) in [5.74, 6) is -0.139. The SMILES string of the molecule is C\C=C(/C=C(\C(C)=C\CCC)c1ccc(C(=O)NCC(C)(C)C)cc1)NC(=O)c1cc(C(C)(C)C)cc([NH2+]O)c1OC. The highest BCUT2D eigenvalue weighted by atomic mass is 16.5. The summed E-state index contributed by atoms with van der Waals surface area (Å²) in [7, 11) is 1.49. The van der Waals surface area contributed by atoms with Gasteiger partial charge in [-0.3, -0.25) is 9.59 Å². The summed E-state index contributed by atoms with van der Waals surface area (Å²) in [6.07, 6.45) is 7.92. The Labute approximate surface area is 252 Å². The predicted molar refractivity (Wildman–Crippen MR) is 171 cm³/mol. The third-order valence-electron chi connectivity index (χ3n) is 6.84. The highest BCUT2D eigenvalue weighted by Crippen LogP contribution is 2.33. The minimum absolute atomic E-state index is 0.00395. The van der Waals surface area contributed by atoms with Crippen LogP contribution in [0, 0.1) is 5.41 Å². The number of carbonyl (C=O) groups is 2. The molecule has 0 aromatic heterocycles. The van der Waals surface area contributed by atoms with Crippen LogP contribution in [-0.4, -0.2) is 30.7 Å². The van der Waals surface area contributed by atoms with Gasteiger partial charge in [0, 0.05) is 23.9 Å². The highest BCUT2D eigenvalue weighted by Gasteiger charge is 2.25. The lowest BCUT2D eigenvalue weighted by molar-refractivity contribution is -0.825. The third-order valence-corrected chi connectivity index (χ3v) is 6.84. The number of amides is 2. The second kappa shape index (κ2) is 15.0. The van der Waals surface area contributed by atoms with E-state index in [9.17, 15) is 14.8 Å². The first-order chi connectivity index (χ1) is 19.6. The summed E-state index contributed by atoms with van der Waals surface area (Å²) < 4.78 is 5.54. The molecule has 0 bridgehead atoms. The lowest BCUT2D eigenvalue weighted by Crippen LogP contribution is -2.74. The Morgan fingerprint density at radius 1 is 1.00 bits per heavy atom. The molecule has 0 heterocycles. The van der Waals surface area contributed by atoms with Gasteiger partial charge >= 0.3 is 0 Å². The first kappa shape index (κ1) is 34.5. The molecule has 7 nitrogen and oxygen atoms in total. The molecule has 0 aliphatic heterocycles. The van der Waals surface area contributed by atoms with Crippen LogP contribution in [0.3, 0.4) is 0 Å². The molecular formula is C35H50N3O4+. The number of benzene rings is 2. The fourth-order valence-corrected chi connectivity index (χ4v) is 4.27. The van der Waals surface area contributed by atoms with E-state index < -0.39 is 0 Å². The van der Waals surface area contributed by atoms with E-state index in [2.05, 4.69) is 72.1 Å². The van der Waals surface area contributed by atoms with Crippen LogP contribution in [0.1, 0.15) is 107 Å². The average molecular weight is 577 g/mol. The molecule has 0 aliphatic carbocycles. The van der Waals surface area contributed by atoms with Crippen molar-refractivity contribution < 1.29 is 25.0 Å². The lowest BCUT2D eigenvalue weighted by Gasteiger charge is -2.21. The summed E-state index contributed by atoms with van der Waals surface area (Å²) in [6.45, 7) is 19.0. The summed E-state index contributed by atoms with van der Waals surface area (Å²) in [4.78, 5) is 26.3. The van der Waals surface area contributed by atoms with Gasteiger partial charge < -0.3 is 15.4 Å². The number of hydrogen-bond donors (Lipinski definition) is 4. The maximum atomic E-state index is 13.6. The van der Waals surface area contributed by atoms with Crippen molar-refractivity contribution in [3.63, 3.8) is 0 Å². The fourth-order valence-electron chi connectivity index (χ4n) is 4.27. The topological polar surface area (TPSA) is 104 Å². The Morgan fingerprint density at radius 3 is 2.12 bits per heavy atom. The number of methoxy groups -OCH3 is 1. The molecule has 0 saturated heterocycles. The number of quaternary nitrogens is 1. The molecule has 0 saturated carbocycles. The second-order valence-corrected chi connectivity index (χ2v) is 12.8. The number of unbranched alkanes of at least 4 members (excludes halogenated alkanes) is 1. The largest absolute Gasteiger partial charge is 0.490 e. The van der Waals surface area contributed by atoms with Gasteiger partial charge in [-0.2, -0.15) is 5.48 Å². The zero-order chi connectivity index (χ0) is 31.7. The maximum Gasteiger partial charge on any atom is 0.259 e. The number of hydrogen-bond acceptors (Lipinski definition) is 4. The van der Waals surface area contributed by atoms with Gasteiger partial charge in [0.1, 0.15) is 0 Å². The molecule has 228 valence electrons. The minimum atomic E-state index is -0.342. The van der Waals surface area contributed by atoms with Crippen LogP contribution in [-0.2, 0) is 5.41 Å². The van der Waals surface area contributed by atoms with Crippen LogP contribution in [0.15, 0.2) is 65.9 Å². The van der Waals surface area contributed by atoms with Crippen molar-refractivity contribution in [2.45, 2.75) is 80.6 Å². The Hall–Kier alpha value is -3.68. The lowest BCUT2D eigenvalue weighted by atomic mass is 9.85. The molecule has 2 amide bonds. The Bertz CT molecular complexity index is 1340. The van der Waals surface area contributed by atoms with Gasteiger partial charge in [-0.15, -0.1) is 0 Å². The normalized spacial score (nSPS) is 13.2. The van der Waals surface area contributed by atoms with Gasteiger partial charge in [-0.05, 0) is 77.6 Å². The van der Waals surface area contributed by atoms with Gasteiger partial charge in [0.05, 0.1) is 12.7 Å². The molecule has 2 aromatic carbocycles. The van der Waals surface area contributed by atoms with E-state index >= 15 is 0 Å². The first-order valence-electron chi connectivity index (χ1n) is 14.6. The van der Waals surface area contributed by atoms with E-state index in [0.29, 0.717) is 34.8 Å². The quantitative estimate of drug-likeness (QED) is 0.134. The second-order valence-electron chi connectivity index (χ2n) is 12.8. The number of nitrogens with two attached hydrogens (primary N) is 1. The average Bonchev–Trinajstić information content (AvgIpc) is 2.94. The van der Waals surface area contributed by atoms with E-state index in [4.69, 9.17) is 4.74 Å². The van der Waals surface area contributed by atoms with Crippen molar-refractivity contribution in [1.82, 2.24) is 10.6 Å². The van der Waals surface area contributed by atoms with Crippen molar-refractivity contribution >= 4 is 23.1 Å². The van der Waals surface area contributed by atoms with Gasteiger partial charge in [-0.1, -0.05) is 79.2 Å². The minimum Gasteiger partial charge on any atom is -0.490 e. The first-order valence-corrected chi connectivity index (χ1v) is 14.6. The van der Waals surface area contributed by atoms with Gasteiger partial charge in [0.2, 0.25) is 5.69 Å². The van der Waals surface area contributed by atoms with E-state index in [-0.39, 0.29) is 22.6 Å². The number of allylic oxidation sites excluding steroid dienone is 5. The smallest absolute Gasteiger partial charge is 0.259 e. The van der Waals surface area contributed by atoms with Gasteiger partial charge in [0.25, 0.3) is 11.8 Å². The van der Waals surface area contributed by atoms with Gasteiger partial charge in [0.15, 0.2) is 5.75 Å². The maximum absolute atomic E-state index is 13.6. The molecule has 0 aliphatic rings. The molecular weight excluding hydrogens is 526 g/mol. The summed E-state index contributed by atoms with van der Waals surface area (Å²) >= 11 is 0. The predicted octanol–water partition coefficient (Wildman–Crippen LogP) is 6.82. The fraction of sp³-hybridized carbons (Fsp3) is 0.429. The molecule has 0 spiro atoms. The van der Waals surface area contributed by atoms with Crippen LogP contribution >= 0.6 is 0 Å². The number of nitrogens with one attached hydrogen (secondary N) is 2. The summed E-state index contributed by atoms with van der Waals surface area (Å²) in [5, 5.41) is 15.9. The van der Waals surface area contributed by atoms with Gasteiger partial charge in [-0.25, -0.2) is 5.21 Å². The Balaban J connectivity index is 2.49. The van der Waals surface area contributed by atoms with Crippen molar-refractivity contribution in [2.24, 2.45) is 5.41 Å². The molecule has 0 radical (unpaired) electrons. The van der Waals surface area contributed by atoms with E-state index in [1.807, 2.05) is 55.5 Å². The molecule has 0 fully saturated rings. The van der Waals surface area contributed by atoms with Crippen LogP contribution < -0.4 is 20.9 Å². The molecule has 42 heavy (non-hydrogen) atoms. The van der Waals surface area contributed by atoms with Crippen LogP contribution in [0.5, 0.6) is 5.75 Å². The highest BCUT2D eigenvalue weighted by molar-refractivity contribution is 6.00. The third kappa shape index (κ3) is 9.71. The van der Waals surface area contributed by atoms with Crippen molar-refractivity contribution in [3.8, 4) is 5.75 Å². The molecule has 2 rings (SSSR count). The molecule has 0 atom stereocenters. The number of ether oxygens (including phenoxy) is 1. The number of rotatable bonds is 11. The molecule has 7 heteroatoms. The molecule has 2 aromatic rings. The Kier molecular flexibility index (Phi) is 12.3. The zero-order valence-electron chi connectivity index (χ0n) is 27.1. The Morgan fingerprint density at radius 2 is 1.62 bits per heavy atom. The zero-order valence-corrected chi connectivity index (χ0v) is 27.1. The van der Waals surface area contributed by atoms with Crippen LogP contribution in [0.2, 0.25) is 0 Å². The standard InChI is InChI=1S/C35H49N3O4/c1-11-13-14-23(3)28(24-15-17-25(18-16-24)32(39)36-22-34(4,5)6)21-27(12-2)37-33(40)29-19-26(35(7,8)9)20-30(38-41)31(29)42-10/h12,14-21,38,41H,11,13,22H2,1-10H3,(H,36,39)(H,37,40)/p+1/b23-14+,27-12+,28-21+. The van der Waals surface area contributed by atoms with Crippen molar-refractivity contribution in [1.29, 1.82) is 0 Å². The summed E-state index contributed by atoms with van der Waals surface area (Å²) in [6, 6.07) is 11.2. The van der Waals surface area contributed by atoms with E-state index in [1.54, 1.807) is 0 Å². The molecule has 0 unspecified atom stereocenters. The van der Waals surface area contributed by atoms with E-state index in [0.717, 1.165) is 40.6 Å². The number of carbonyl (C=O) groups excluding carboxylic acids is 2. The monoisotopic (exact) mass is 576 g/mol. The van der Waals surface area contributed by atoms with Crippen molar-refractivity contribution in [3.05, 3.63) is 88.2 Å². The van der Waals surface area contributed by atoms with Crippen molar-refractivity contribution in [2.75, 3.05) is 13.7 Å². The molecule has 5 N–H and O–H groups in total. The van der Waals surface area contributed by atoms with E-state index in [1.165, 1.54) is 7.11 Å². The summed E-state index contributed by atoms with van der Waals surface area (Å²) in [5.41, 5.74) is 6.56. The van der Waals surface area contributed by atoms with Crippen LogP contribution in [0.4, 0.5) is 5.69 Å². The van der Waals surface area contributed by atoms with Crippen LogP contribution in [0.25, 0.3) is 5.57 Å².